The van der Waals surface area contributed by atoms with Gasteiger partial charge in [0.25, 0.3) is 5.91 Å². The van der Waals surface area contributed by atoms with E-state index in [1.807, 2.05) is 19.1 Å². The average molecular weight is 519 g/mol. The molecule has 3 N–H and O–H groups in total. The molecule has 0 unspecified atom stereocenters. The van der Waals surface area contributed by atoms with E-state index >= 15 is 0 Å². The number of nitrogens with zero attached hydrogens (tertiary/aromatic N) is 3. The standard InChI is InChI=1S/C24H31ClN6O3S/c1-4-16-21(25)30-22(28-16)23(32)29-17-8-9-31(12-19(17)27-14(2)3)10-11-34-24(33)15-6-5-7-18-20(15)35-13-26-18/h5-7,13-14,17,19,27H,4,8-12H2,1-3H3,(H,28,30)(H,29,32)/t17-,19-/m1/s1. The zero-order chi connectivity index (χ0) is 24.9. The smallest absolute Gasteiger partial charge is 0.339 e. The van der Waals surface area contributed by atoms with Crippen molar-refractivity contribution >= 4 is 45.0 Å². The monoisotopic (exact) mass is 518 g/mol. The zero-order valence-electron chi connectivity index (χ0n) is 20.1. The first-order valence-electron chi connectivity index (χ1n) is 11.9. The summed E-state index contributed by atoms with van der Waals surface area (Å²) in [5, 5.41) is 7.02. The first-order valence-corrected chi connectivity index (χ1v) is 13.1. The lowest BCUT2D eigenvalue weighted by atomic mass is 9.98. The molecule has 9 nitrogen and oxygen atoms in total. The maximum absolute atomic E-state index is 12.8. The largest absolute Gasteiger partial charge is 0.461 e. The van der Waals surface area contributed by atoms with E-state index in [-0.39, 0.29) is 35.8 Å². The van der Waals surface area contributed by atoms with E-state index in [0.717, 1.165) is 35.4 Å². The van der Waals surface area contributed by atoms with Gasteiger partial charge in [0, 0.05) is 37.8 Å². The molecule has 2 aromatic heterocycles. The Labute approximate surface area is 213 Å². The molecule has 3 aromatic rings. The summed E-state index contributed by atoms with van der Waals surface area (Å²) in [7, 11) is 0. The zero-order valence-corrected chi connectivity index (χ0v) is 21.7. The van der Waals surface area contributed by atoms with Gasteiger partial charge in [-0.2, -0.15) is 0 Å². The Balaban J connectivity index is 1.32. The normalized spacial score (nSPS) is 18.8. The summed E-state index contributed by atoms with van der Waals surface area (Å²) < 4.78 is 6.43. The molecule has 1 aliphatic heterocycles. The SMILES string of the molecule is CCc1[nH]c(C(=O)N[C@@H]2CCN(CCOC(=O)c3cccc4ncsc34)C[C@H]2NC(C)C)nc1Cl. The van der Waals surface area contributed by atoms with Crippen LogP contribution < -0.4 is 10.6 Å². The van der Waals surface area contributed by atoms with Crippen LogP contribution in [0.25, 0.3) is 10.2 Å². The first-order chi connectivity index (χ1) is 16.9. The molecule has 2 atom stereocenters. The second kappa shape index (κ2) is 11.5. The highest BCUT2D eigenvalue weighted by molar-refractivity contribution is 7.17. The predicted molar refractivity (Wildman–Crippen MR) is 137 cm³/mol. The van der Waals surface area contributed by atoms with Gasteiger partial charge in [0.1, 0.15) is 6.61 Å². The van der Waals surface area contributed by atoms with Crippen molar-refractivity contribution in [3.63, 3.8) is 0 Å². The van der Waals surface area contributed by atoms with Gasteiger partial charge in [-0.1, -0.05) is 38.4 Å². The quantitative estimate of drug-likeness (QED) is 0.373. The number of carbonyl (C=O) groups excluding carboxylic acids is 2. The molecule has 188 valence electrons. The molecule has 1 saturated heterocycles. The molecule has 11 heteroatoms. The predicted octanol–water partition coefficient (Wildman–Crippen LogP) is 3.26. The highest BCUT2D eigenvalue weighted by Gasteiger charge is 2.31. The van der Waals surface area contributed by atoms with Crippen LogP contribution in [0.15, 0.2) is 23.7 Å². The number of halogens is 1. The van der Waals surface area contributed by atoms with E-state index in [4.69, 9.17) is 16.3 Å². The van der Waals surface area contributed by atoms with Crippen LogP contribution in [0, 0.1) is 0 Å². The molecule has 3 heterocycles. The first kappa shape index (κ1) is 25.6. The molecular weight excluding hydrogens is 488 g/mol. The van der Waals surface area contributed by atoms with E-state index in [0.29, 0.717) is 30.3 Å². The second-order valence-electron chi connectivity index (χ2n) is 8.95. The number of ether oxygens (including phenoxy) is 1. The lowest BCUT2D eigenvalue weighted by molar-refractivity contribution is 0.0429. The van der Waals surface area contributed by atoms with Crippen molar-refractivity contribution < 1.29 is 14.3 Å². The van der Waals surface area contributed by atoms with Crippen molar-refractivity contribution in [2.45, 2.75) is 51.7 Å². The molecule has 0 spiro atoms. The van der Waals surface area contributed by atoms with Gasteiger partial charge in [0.05, 0.1) is 27.0 Å². The summed E-state index contributed by atoms with van der Waals surface area (Å²) in [6, 6.07) is 5.72. The Morgan fingerprint density at radius 1 is 1.34 bits per heavy atom. The molecule has 1 fully saturated rings. The molecule has 0 aliphatic carbocycles. The van der Waals surface area contributed by atoms with Gasteiger partial charge in [-0.15, -0.1) is 11.3 Å². The van der Waals surface area contributed by atoms with E-state index in [9.17, 15) is 9.59 Å². The molecular formula is C24H31ClN6O3S. The summed E-state index contributed by atoms with van der Waals surface area (Å²) in [5.41, 5.74) is 3.84. The molecule has 1 aromatic carbocycles. The number of aromatic amines is 1. The molecule has 1 amide bonds. The van der Waals surface area contributed by atoms with Gasteiger partial charge < -0.3 is 20.4 Å². The molecule has 1 aliphatic rings. The summed E-state index contributed by atoms with van der Waals surface area (Å²) in [4.78, 5) is 39.1. The number of H-pyrrole nitrogens is 1. The van der Waals surface area contributed by atoms with Crippen LogP contribution in [0.3, 0.4) is 0 Å². The van der Waals surface area contributed by atoms with Crippen molar-refractivity contribution in [1.82, 2.24) is 30.5 Å². The van der Waals surface area contributed by atoms with Crippen molar-refractivity contribution in [3.8, 4) is 0 Å². The Bertz CT molecular complexity index is 1180. The highest BCUT2D eigenvalue weighted by Crippen LogP contribution is 2.23. The number of nitrogens with one attached hydrogen (secondary N) is 3. The fourth-order valence-electron chi connectivity index (χ4n) is 4.35. The van der Waals surface area contributed by atoms with Crippen LogP contribution in [0.5, 0.6) is 0 Å². The van der Waals surface area contributed by atoms with E-state index < -0.39 is 0 Å². The van der Waals surface area contributed by atoms with Crippen LogP contribution in [-0.2, 0) is 11.2 Å². The van der Waals surface area contributed by atoms with Crippen molar-refractivity contribution in [2.24, 2.45) is 0 Å². The number of thiazole rings is 1. The lowest BCUT2D eigenvalue weighted by Crippen LogP contribution is -2.61. The minimum Gasteiger partial charge on any atom is -0.461 e. The third-order valence-electron chi connectivity index (χ3n) is 6.07. The van der Waals surface area contributed by atoms with Gasteiger partial charge in [-0.05, 0) is 25.0 Å². The van der Waals surface area contributed by atoms with Gasteiger partial charge in [0.2, 0.25) is 0 Å². The third kappa shape index (κ3) is 6.19. The molecule has 4 rings (SSSR count). The third-order valence-corrected chi connectivity index (χ3v) is 7.26. The van der Waals surface area contributed by atoms with Gasteiger partial charge in [-0.3, -0.25) is 9.69 Å². The van der Waals surface area contributed by atoms with Crippen LogP contribution in [0.1, 0.15) is 53.9 Å². The number of esters is 1. The fourth-order valence-corrected chi connectivity index (χ4v) is 5.41. The Kier molecular flexibility index (Phi) is 8.38. The number of amides is 1. The van der Waals surface area contributed by atoms with E-state index in [1.165, 1.54) is 11.3 Å². The van der Waals surface area contributed by atoms with Crippen molar-refractivity contribution in [2.75, 3.05) is 26.2 Å². The summed E-state index contributed by atoms with van der Waals surface area (Å²) in [5.74, 6) is -0.352. The van der Waals surface area contributed by atoms with Crippen LogP contribution in [0.4, 0.5) is 0 Å². The minimum atomic E-state index is -0.331. The topological polar surface area (TPSA) is 112 Å². The van der Waals surface area contributed by atoms with Crippen LogP contribution in [-0.4, -0.2) is 76.1 Å². The van der Waals surface area contributed by atoms with Crippen LogP contribution >= 0.6 is 22.9 Å². The Morgan fingerprint density at radius 3 is 2.91 bits per heavy atom. The summed E-state index contributed by atoms with van der Waals surface area (Å²) in [6.45, 7) is 8.54. The molecule has 0 bridgehead atoms. The lowest BCUT2D eigenvalue weighted by Gasteiger charge is -2.40. The van der Waals surface area contributed by atoms with Gasteiger partial charge in [-0.25, -0.2) is 14.8 Å². The number of carbonyl (C=O) groups is 2. The summed E-state index contributed by atoms with van der Waals surface area (Å²) >= 11 is 7.54. The molecule has 35 heavy (non-hydrogen) atoms. The van der Waals surface area contributed by atoms with Gasteiger partial charge in [0.15, 0.2) is 11.0 Å². The number of benzene rings is 1. The Morgan fingerprint density at radius 2 is 2.17 bits per heavy atom. The van der Waals surface area contributed by atoms with Gasteiger partial charge >= 0.3 is 5.97 Å². The fraction of sp³-hybridized carbons (Fsp3) is 0.500. The Hall–Kier alpha value is -2.53. The van der Waals surface area contributed by atoms with E-state index in [2.05, 4.69) is 44.3 Å². The number of imidazole rings is 1. The number of likely N-dealkylation sites (tertiary alicyclic amines) is 1. The number of aromatic nitrogens is 3. The second-order valence-corrected chi connectivity index (χ2v) is 10.2. The van der Waals surface area contributed by atoms with E-state index in [1.54, 1.807) is 11.6 Å². The number of hydrogen-bond donors (Lipinski definition) is 3. The molecule has 0 saturated carbocycles. The number of hydrogen-bond acceptors (Lipinski definition) is 8. The number of fused-ring (bicyclic) bond motifs is 1. The minimum absolute atomic E-state index is 0.0467. The highest BCUT2D eigenvalue weighted by atomic mass is 35.5. The van der Waals surface area contributed by atoms with Crippen LogP contribution in [0.2, 0.25) is 5.15 Å². The maximum Gasteiger partial charge on any atom is 0.339 e. The number of rotatable bonds is 9. The average Bonchev–Trinajstić information content (AvgIpc) is 3.46. The maximum atomic E-state index is 12.8. The number of aryl methyl sites for hydroxylation is 1. The summed E-state index contributed by atoms with van der Waals surface area (Å²) in [6.07, 6.45) is 1.44. The van der Waals surface area contributed by atoms with Crippen molar-refractivity contribution in [3.05, 3.63) is 45.9 Å². The molecule has 0 radical (unpaired) electrons. The number of piperidine rings is 1. The van der Waals surface area contributed by atoms with Crippen molar-refractivity contribution in [1.29, 1.82) is 0 Å².